The Labute approximate surface area is 104 Å². The Hall–Kier alpha value is -2.49. The maximum atomic E-state index is 11.9. The first-order chi connectivity index (χ1) is 8.83. The molecule has 0 aliphatic carbocycles. The third-order valence-electron chi connectivity index (χ3n) is 2.56. The second-order valence-corrected chi connectivity index (χ2v) is 3.77. The summed E-state index contributed by atoms with van der Waals surface area (Å²) in [5.41, 5.74) is 0.433. The molecule has 4 nitrogen and oxygen atoms in total. The van der Waals surface area contributed by atoms with Gasteiger partial charge in [-0.2, -0.15) is 0 Å². The smallest absolute Gasteiger partial charge is 0.343 e. The second-order valence-electron chi connectivity index (χ2n) is 3.77. The fraction of sp³-hybridized carbons (Fsp3) is 0.0714. The Morgan fingerprint density at radius 2 is 1.78 bits per heavy atom. The third kappa shape index (κ3) is 2.00. The van der Waals surface area contributed by atoms with E-state index >= 15 is 0 Å². The van der Waals surface area contributed by atoms with E-state index in [1.54, 1.807) is 30.3 Å². The highest BCUT2D eigenvalue weighted by molar-refractivity contribution is 5.91. The van der Waals surface area contributed by atoms with Crippen LogP contribution < -0.4 is 14.2 Å². The number of para-hydroxylation sites is 1. The van der Waals surface area contributed by atoms with E-state index in [9.17, 15) is 4.79 Å². The number of fused-ring (bicyclic) bond motifs is 1. The quantitative estimate of drug-likeness (QED) is 0.463. The molecule has 1 heterocycles. The van der Waals surface area contributed by atoms with Gasteiger partial charge >= 0.3 is 5.97 Å². The van der Waals surface area contributed by atoms with Gasteiger partial charge in [0.2, 0.25) is 6.79 Å². The van der Waals surface area contributed by atoms with Crippen molar-refractivity contribution in [3.05, 3.63) is 54.1 Å². The van der Waals surface area contributed by atoms with E-state index in [-0.39, 0.29) is 6.79 Å². The molecule has 0 saturated carbocycles. The molecule has 18 heavy (non-hydrogen) atoms. The van der Waals surface area contributed by atoms with Gasteiger partial charge in [0.05, 0.1) is 5.56 Å². The fourth-order valence-electron chi connectivity index (χ4n) is 1.68. The Bertz CT molecular complexity index is 578. The van der Waals surface area contributed by atoms with Crippen molar-refractivity contribution in [1.82, 2.24) is 0 Å². The SMILES string of the molecule is O=C([18O]c1ccccc1)c1ccc2c(c1)OCO2. The molecule has 1 aliphatic heterocycles. The van der Waals surface area contributed by atoms with Crippen LogP contribution in [0.4, 0.5) is 0 Å². The van der Waals surface area contributed by atoms with Gasteiger partial charge in [-0.05, 0) is 30.3 Å². The molecule has 0 atom stereocenters. The third-order valence-corrected chi connectivity index (χ3v) is 2.56. The number of rotatable bonds is 2. The molecule has 2 aromatic rings. The van der Waals surface area contributed by atoms with Crippen LogP contribution >= 0.6 is 0 Å². The zero-order valence-corrected chi connectivity index (χ0v) is 9.46. The predicted molar refractivity (Wildman–Crippen MR) is 64.0 cm³/mol. The van der Waals surface area contributed by atoms with E-state index in [1.165, 1.54) is 0 Å². The van der Waals surface area contributed by atoms with Gasteiger partial charge in [-0.3, -0.25) is 0 Å². The average Bonchev–Trinajstić information content (AvgIpc) is 2.87. The highest BCUT2D eigenvalue weighted by Crippen LogP contribution is 2.32. The van der Waals surface area contributed by atoms with Crippen LogP contribution in [0, 0.1) is 0 Å². The van der Waals surface area contributed by atoms with Crippen LogP contribution in [-0.2, 0) is 0 Å². The summed E-state index contributed by atoms with van der Waals surface area (Å²) in [5.74, 6) is 1.31. The predicted octanol–water partition coefficient (Wildman–Crippen LogP) is 2.63. The molecule has 0 bridgehead atoms. The summed E-state index contributed by atoms with van der Waals surface area (Å²) in [4.78, 5) is 11.9. The van der Waals surface area contributed by atoms with Crippen LogP contribution in [0.1, 0.15) is 10.4 Å². The Morgan fingerprint density at radius 3 is 2.61 bits per heavy atom. The number of carbonyl (C=O) groups excluding carboxylic acids is 1. The number of hydrogen-bond acceptors (Lipinski definition) is 4. The molecular weight excluding hydrogens is 234 g/mol. The number of hydrogen-bond donors (Lipinski definition) is 0. The van der Waals surface area contributed by atoms with Crippen LogP contribution in [0.5, 0.6) is 17.2 Å². The van der Waals surface area contributed by atoms with E-state index in [0.29, 0.717) is 22.8 Å². The minimum absolute atomic E-state index is 0.187. The van der Waals surface area contributed by atoms with E-state index in [1.807, 2.05) is 18.2 Å². The molecule has 0 aromatic heterocycles. The van der Waals surface area contributed by atoms with E-state index in [2.05, 4.69) is 0 Å². The summed E-state index contributed by atoms with van der Waals surface area (Å²) in [7, 11) is 0. The van der Waals surface area contributed by atoms with Crippen molar-refractivity contribution in [1.29, 1.82) is 0 Å². The summed E-state index contributed by atoms with van der Waals surface area (Å²) in [6.07, 6.45) is 0. The number of esters is 1. The molecule has 0 saturated heterocycles. The van der Waals surface area contributed by atoms with Crippen molar-refractivity contribution in [3.63, 3.8) is 0 Å². The van der Waals surface area contributed by atoms with Crippen molar-refractivity contribution in [2.75, 3.05) is 6.79 Å². The van der Waals surface area contributed by atoms with Gasteiger partial charge in [0.1, 0.15) is 5.75 Å². The minimum Gasteiger partial charge on any atom is -0.454 e. The summed E-state index contributed by atoms with van der Waals surface area (Å²) in [6.45, 7) is 0.187. The maximum Gasteiger partial charge on any atom is 0.343 e. The molecule has 1 aliphatic rings. The first-order valence-corrected chi connectivity index (χ1v) is 5.50. The van der Waals surface area contributed by atoms with Gasteiger partial charge in [0, 0.05) is 0 Å². The van der Waals surface area contributed by atoms with Gasteiger partial charge in [0.25, 0.3) is 0 Å². The zero-order chi connectivity index (χ0) is 12.4. The van der Waals surface area contributed by atoms with Gasteiger partial charge in [-0.25, -0.2) is 4.79 Å². The molecule has 0 fully saturated rings. The number of carbonyl (C=O) groups is 1. The molecule has 4 heteroatoms. The lowest BCUT2D eigenvalue weighted by Gasteiger charge is -2.04. The van der Waals surface area contributed by atoms with Crippen LogP contribution in [-0.4, -0.2) is 12.8 Å². The monoisotopic (exact) mass is 244 g/mol. The van der Waals surface area contributed by atoms with Gasteiger partial charge in [-0.15, -0.1) is 0 Å². The van der Waals surface area contributed by atoms with Gasteiger partial charge in [0.15, 0.2) is 11.5 Å². The first kappa shape index (κ1) is 10.7. The van der Waals surface area contributed by atoms with Crippen LogP contribution in [0.15, 0.2) is 48.5 Å². The highest BCUT2D eigenvalue weighted by Gasteiger charge is 2.17. The second kappa shape index (κ2) is 4.41. The zero-order valence-electron chi connectivity index (χ0n) is 9.46. The summed E-state index contributed by atoms with van der Waals surface area (Å²) < 4.78 is 15.6. The molecule has 90 valence electrons. The standard InChI is InChI=1S/C14H10O4/c15-14(18-11-4-2-1-3-5-11)10-6-7-12-13(8-10)17-9-16-12/h1-8H,9H2/i18+2. The number of benzene rings is 2. The largest absolute Gasteiger partial charge is 0.454 e. The molecule has 0 radical (unpaired) electrons. The van der Waals surface area contributed by atoms with Crippen LogP contribution in [0.3, 0.4) is 0 Å². The summed E-state index contributed by atoms with van der Waals surface area (Å²) >= 11 is 0. The lowest BCUT2D eigenvalue weighted by atomic mass is 10.2. The van der Waals surface area contributed by atoms with Crippen molar-refractivity contribution in [2.24, 2.45) is 0 Å². The molecule has 0 N–H and O–H groups in total. The number of ether oxygens (including phenoxy) is 3. The van der Waals surface area contributed by atoms with Crippen LogP contribution in [0.2, 0.25) is 0 Å². The first-order valence-electron chi connectivity index (χ1n) is 5.50. The Balaban J connectivity index is 1.81. The van der Waals surface area contributed by atoms with Crippen molar-refractivity contribution < 1.29 is 19.0 Å². The van der Waals surface area contributed by atoms with Crippen molar-refractivity contribution >= 4 is 5.97 Å². The van der Waals surface area contributed by atoms with E-state index in [4.69, 9.17) is 14.2 Å². The maximum absolute atomic E-state index is 11.9. The Morgan fingerprint density at radius 1 is 1.00 bits per heavy atom. The molecule has 2 aromatic carbocycles. The van der Waals surface area contributed by atoms with Gasteiger partial charge in [-0.1, -0.05) is 18.2 Å². The van der Waals surface area contributed by atoms with Gasteiger partial charge < -0.3 is 14.2 Å². The minimum atomic E-state index is -0.417. The van der Waals surface area contributed by atoms with Crippen LogP contribution in [0.25, 0.3) is 0 Å². The van der Waals surface area contributed by atoms with Crippen molar-refractivity contribution in [3.8, 4) is 17.2 Å². The molecular formula is C14H10O4. The lowest BCUT2D eigenvalue weighted by Crippen LogP contribution is -2.08. The van der Waals surface area contributed by atoms with E-state index < -0.39 is 5.97 Å². The fourth-order valence-corrected chi connectivity index (χ4v) is 1.68. The van der Waals surface area contributed by atoms with Crippen molar-refractivity contribution in [2.45, 2.75) is 0 Å². The molecule has 3 rings (SSSR count). The topological polar surface area (TPSA) is 44.8 Å². The normalized spacial score (nSPS) is 12.2. The highest BCUT2D eigenvalue weighted by atomic mass is 18.3. The molecule has 0 spiro atoms. The molecule has 0 unspecified atom stereocenters. The average molecular weight is 244 g/mol. The molecule has 0 amide bonds. The van der Waals surface area contributed by atoms with E-state index in [0.717, 1.165) is 0 Å². The Kier molecular flexibility index (Phi) is 2.61. The summed E-state index contributed by atoms with van der Waals surface area (Å²) in [6, 6.07) is 13.9. The summed E-state index contributed by atoms with van der Waals surface area (Å²) in [5, 5.41) is 0. The lowest BCUT2D eigenvalue weighted by molar-refractivity contribution is 0.0734.